The summed E-state index contributed by atoms with van der Waals surface area (Å²) in [4.78, 5) is 22.0. The third-order valence-corrected chi connectivity index (χ3v) is 2.78. The number of nitrogens with one attached hydrogen (secondary N) is 1. The van der Waals surface area contributed by atoms with Crippen molar-refractivity contribution >= 4 is 11.9 Å². The number of hydrogen-bond donors (Lipinski definition) is 2. The molecular formula is C14H18FNO3. The Morgan fingerprint density at radius 2 is 1.95 bits per heavy atom. The van der Waals surface area contributed by atoms with Crippen LogP contribution >= 0.6 is 0 Å². The Bertz CT molecular complexity index is 431. The summed E-state index contributed by atoms with van der Waals surface area (Å²) in [5, 5.41) is 11.3. The number of carboxylic acids is 1. The van der Waals surface area contributed by atoms with Crippen molar-refractivity contribution in [1.29, 1.82) is 0 Å². The number of benzene rings is 1. The Balaban J connectivity index is 2.27. The summed E-state index contributed by atoms with van der Waals surface area (Å²) in [7, 11) is 0. The summed E-state index contributed by atoms with van der Waals surface area (Å²) in [6.45, 7) is 2.34. The minimum Gasteiger partial charge on any atom is -0.481 e. The van der Waals surface area contributed by atoms with Gasteiger partial charge in [0.05, 0.1) is 6.42 Å². The number of carboxylic acid groups (broad SMARTS) is 1. The molecule has 1 amide bonds. The van der Waals surface area contributed by atoms with Gasteiger partial charge in [-0.15, -0.1) is 0 Å². The number of amides is 1. The van der Waals surface area contributed by atoms with Crippen LogP contribution in [0.5, 0.6) is 0 Å². The minimum atomic E-state index is -0.829. The van der Waals surface area contributed by atoms with Crippen LogP contribution in [0.3, 0.4) is 0 Å². The van der Waals surface area contributed by atoms with Crippen molar-refractivity contribution in [3.8, 4) is 0 Å². The van der Waals surface area contributed by atoms with Gasteiger partial charge in [0.15, 0.2) is 0 Å². The van der Waals surface area contributed by atoms with Crippen molar-refractivity contribution in [1.82, 2.24) is 5.32 Å². The molecule has 4 nitrogen and oxygen atoms in total. The van der Waals surface area contributed by atoms with Crippen molar-refractivity contribution in [3.63, 3.8) is 0 Å². The SMILES string of the molecule is CC(CCC(=O)O)CNC(=O)Cc1ccc(F)cc1. The molecule has 0 saturated heterocycles. The molecule has 0 saturated carbocycles. The van der Waals surface area contributed by atoms with Gasteiger partial charge in [0.1, 0.15) is 5.82 Å². The molecule has 19 heavy (non-hydrogen) atoms. The molecule has 0 aliphatic rings. The van der Waals surface area contributed by atoms with Gasteiger partial charge in [0.25, 0.3) is 0 Å². The number of carbonyl (C=O) groups excluding carboxylic acids is 1. The lowest BCUT2D eigenvalue weighted by molar-refractivity contribution is -0.137. The summed E-state index contributed by atoms with van der Waals surface area (Å²) in [5.41, 5.74) is 0.747. The fraction of sp³-hybridized carbons (Fsp3) is 0.429. The molecule has 0 bridgehead atoms. The van der Waals surface area contributed by atoms with Gasteiger partial charge in [-0.1, -0.05) is 19.1 Å². The van der Waals surface area contributed by atoms with E-state index in [-0.39, 0.29) is 30.5 Å². The van der Waals surface area contributed by atoms with E-state index in [0.29, 0.717) is 13.0 Å². The van der Waals surface area contributed by atoms with Gasteiger partial charge in [0, 0.05) is 13.0 Å². The van der Waals surface area contributed by atoms with Gasteiger partial charge in [-0.25, -0.2) is 4.39 Å². The molecule has 0 fully saturated rings. The smallest absolute Gasteiger partial charge is 0.303 e. The number of aliphatic carboxylic acids is 1. The predicted octanol–water partition coefficient (Wildman–Crippen LogP) is 1.99. The minimum absolute atomic E-state index is 0.106. The van der Waals surface area contributed by atoms with E-state index in [2.05, 4.69) is 5.32 Å². The van der Waals surface area contributed by atoms with Crippen LogP contribution in [-0.4, -0.2) is 23.5 Å². The molecular weight excluding hydrogens is 249 g/mol. The summed E-state index contributed by atoms with van der Waals surface area (Å²) < 4.78 is 12.7. The molecule has 2 N–H and O–H groups in total. The van der Waals surface area contributed by atoms with Crippen molar-refractivity contribution in [2.45, 2.75) is 26.2 Å². The van der Waals surface area contributed by atoms with E-state index in [9.17, 15) is 14.0 Å². The molecule has 0 heterocycles. The van der Waals surface area contributed by atoms with Crippen LogP contribution in [0.1, 0.15) is 25.3 Å². The second kappa shape index (κ2) is 7.51. The Kier molecular flexibility index (Phi) is 5.99. The Hall–Kier alpha value is -1.91. The highest BCUT2D eigenvalue weighted by molar-refractivity contribution is 5.78. The van der Waals surface area contributed by atoms with E-state index in [1.54, 1.807) is 12.1 Å². The average molecular weight is 267 g/mol. The van der Waals surface area contributed by atoms with Crippen LogP contribution < -0.4 is 5.32 Å². The van der Waals surface area contributed by atoms with Crippen LogP contribution in [0.4, 0.5) is 4.39 Å². The lowest BCUT2D eigenvalue weighted by atomic mass is 10.1. The Morgan fingerprint density at radius 1 is 1.32 bits per heavy atom. The molecule has 0 aliphatic heterocycles. The van der Waals surface area contributed by atoms with E-state index < -0.39 is 5.97 Å². The standard InChI is InChI=1S/C14H18FNO3/c1-10(2-7-14(18)19)9-16-13(17)8-11-3-5-12(15)6-4-11/h3-6,10H,2,7-9H2,1H3,(H,16,17)(H,18,19). The van der Waals surface area contributed by atoms with Crippen molar-refractivity contribution < 1.29 is 19.1 Å². The topological polar surface area (TPSA) is 66.4 Å². The maximum Gasteiger partial charge on any atom is 0.303 e. The second-order valence-corrected chi connectivity index (χ2v) is 4.64. The first-order valence-electron chi connectivity index (χ1n) is 6.20. The van der Waals surface area contributed by atoms with Gasteiger partial charge >= 0.3 is 5.97 Å². The predicted molar refractivity (Wildman–Crippen MR) is 69.1 cm³/mol. The monoisotopic (exact) mass is 267 g/mol. The van der Waals surface area contributed by atoms with Gasteiger partial charge in [0.2, 0.25) is 5.91 Å². The van der Waals surface area contributed by atoms with E-state index >= 15 is 0 Å². The fourth-order valence-electron chi connectivity index (χ4n) is 1.61. The molecule has 1 unspecified atom stereocenters. The second-order valence-electron chi connectivity index (χ2n) is 4.64. The maximum absolute atomic E-state index is 12.7. The van der Waals surface area contributed by atoms with Crippen molar-refractivity contribution in [2.24, 2.45) is 5.92 Å². The summed E-state index contributed by atoms with van der Waals surface area (Å²) in [5.74, 6) is -1.18. The zero-order chi connectivity index (χ0) is 14.3. The molecule has 1 aromatic carbocycles. The molecule has 0 aliphatic carbocycles. The average Bonchev–Trinajstić information content (AvgIpc) is 2.36. The van der Waals surface area contributed by atoms with Gasteiger partial charge in [-0.05, 0) is 30.0 Å². The molecule has 104 valence electrons. The number of halogens is 1. The highest BCUT2D eigenvalue weighted by Gasteiger charge is 2.08. The van der Waals surface area contributed by atoms with Crippen LogP contribution in [0.2, 0.25) is 0 Å². The van der Waals surface area contributed by atoms with Crippen LogP contribution in [0.25, 0.3) is 0 Å². The molecule has 0 spiro atoms. The lowest BCUT2D eigenvalue weighted by Gasteiger charge is -2.11. The Morgan fingerprint density at radius 3 is 2.53 bits per heavy atom. The van der Waals surface area contributed by atoms with Crippen molar-refractivity contribution in [2.75, 3.05) is 6.54 Å². The van der Waals surface area contributed by atoms with E-state index in [1.165, 1.54) is 12.1 Å². The van der Waals surface area contributed by atoms with Crippen LogP contribution in [0.15, 0.2) is 24.3 Å². The zero-order valence-electron chi connectivity index (χ0n) is 10.9. The first-order valence-corrected chi connectivity index (χ1v) is 6.20. The largest absolute Gasteiger partial charge is 0.481 e. The molecule has 1 atom stereocenters. The number of hydrogen-bond acceptors (Lipinski definition) is 2. The highest BCUT2D eigenvalue weighted by Crippen LogP contribution is 2.05. The third kappa shape index (κ3) is 6.55. The maximum atomic E-state index is 12.7. The lowest BCUT2D eigenvalue weighted by Crippen LogP contribution is -2.29. The summed E-state index contributed by atoms with van der Waals surface area (Å²) in [6, 6.07) is 5.78. The van der Waals surface area contributed by atoms with E-state index in [1.807, 2.05) is 6.92 Å². The van der Waals surface area contributed by atoms with Crippen molar-refractivity contribution in [3.05, 3.63) is 35.6 Å². The van der Waals surface area contributed by atoms with Gasteiger partial charge in [-0.3, -0.25) is 9.59 Å². The van der Waals surface area contributed by atoms with Crippen LogP contribution in [-0.2, 0) is 16.0 Å². The normalized spacial score (nSPS) is 11.9. The first kappa shape index (κ1) is 15.1. The molecule has 5 heteroatoms. The molecule has 1 rings (SSSR count). The first-order chi connectivity index (χ1) is 8.97. The molecule has 1 aromatic rings. The molecule has 0 radical (unpaired) electrons. The zero-order valence-corrected chi connectivity index (χ0v) is 10.9. The van der Waals surface area contributed by atoms with E-state index in [0.717, 1.165) is 5.56 Å². The number of carbonyl (C=O) groups is 2. The number of rotatable bonds is 7. The highest BCUT2D eigenvalue weighted by atomic mass is 19.1. The summed E-state index contributed by atoms with van der Waals surface area (Å²) >= 11 is 0. The van der Waals surface area contributed by atoms with Crippen LogP contribution in [0, 0.1) is 11.7 Å². The third-order valence-electron chi connectivity index (χ3n) is 2.78. The Labute approximate surface area is 111 Å². The quantitative estimate of drug-likeness (QED) is 0.794. The fourth-order valence-corrected chi connectivity index (χ4v) is 1.61. The summed E-state index contributed by atoms with van der Waals surface area (Å²) in [6.07, 6.45) is 0.840. The van der Waals surface area contributed by atoms with Gasteiger partial charge < -0.3 is 10.4 Å². The van der Waals surface area contributed by atoms with Gasteiger partial charge in [-0.2, -0.15) is 0 Å². The van der Waals surface area contributed by atoms with E-state index in [4.69, 9.17) is 5.11 Å². The molecule has 0 aromatic heterocycles.